The maximum atomic E-state index is 13.1. The minimum Gasteiger partial charge on any atom is -0.462 e. The third kappa shape index (κ3) is 6.48. The van der Waals surface area contributed by atoms with Crippen molar-refractivity contribution in [3.8, 4) is 11.1 Å². The van der Waals surface area contributed by atoms with Gasteiger partial charge in [0.15, 0.2) is 0 Å². The fourth-order valence-electron chi connectivity index (χ4n) is 4.95. The van der Waals surface area contributed by atoms with E-state index in [9.17, 15) is 4.79 Å². The first kappa shape index (κ1) is 26.2. The van der Waals surface area contributed by atoms with E-state index in [2.05, 4.69) is 40.1 Å². The summed E-state index contributed by atoms with van der Waals surface area (Å²) in [4.78, 5) is 18.0. The van der Waals surface area contributed by atoms with E-state index in [0.29, 0.717) is 0 Å². The lowest BCUT2D eigenvalue weighted by Gasteiger charge is -2.37. The topological polar surface area (TPSA) is 32.8 Å². The van der Waals surface area contributed by atoms with Gasteiger partial charge in [0.05, 0.1) is 11.5 Å². The number of carbonyl (C=O) groups excluding carboxylic acids is 1. The molecule has 0 saturated carbocycles. The number of halogens is 1. The van der Waals surface area contributed by atoms with Gasteiger partial charge in [-0.05, 0) is 81.1 Å². The van der Waals surface area contributed by atoms with E-state index in [4.69, 9.17) is 16.3 Å². The molecule has 0 aliphatic carbocycles. The lowest BCUT2D eigenvalue weighted by atomic mass is 9.78. The molecule has 36 heavy (non-hydrogen) atoms. The Kier molecular flexibility index (Phi) is 8.71. The van der Waals surface area contributed by atoms with E-state index in [1.54, 1.807) is 0 Å². The molecule has 0 amide bonds. The van der Waals surface area contributed by atoms with Crippen molar-refractivity contribution in [1.82, 2.24) is 4.90 Å². The molecule has 3 aromatic rings. The summed E-state index contributed by atoms with van der Waals surface area (Å²) >= 11 is 6.20. The summed E-state index contributed by atoms with van der Waals surface area (Å²) in [5.74, 6) is -0.131. The molecule has 0 spiro atoms. The van der Waals surface area contributed by atoms with Crippen molar-refractivity contribution in [2.24, 2.45) is 0 Å². The SMILES string of the molecule is CC(C)OC(=O)C(C)(CCCN1CCN(c2cccc(-c3cccc(Cl)c3)c2)CC1)c1ccccc1. The Morgan fingerprint density at radius 1 is 0.917 bits per heavy atom. The maximum absolute atomic E-state index is 13.1. The second kappa shape index (κ2) is 11.9. The summed E-state index contributed by atoms with van der Waals surface area (Å²) in [6.07, 6.45) is 1.60. The zero-order valence-electron chi connectivity index (χ0n) is 21.6. The van der Waals surface area contributed by atoms with Crippen LogP contribution in [0.3, 0.4) is 0 Å². The van der Waals surface area contributed by atoms with Gasteiger partial charge in [-0.1, -0.05) is 66.2 Å². The van der Waals surface area contributed by atoms with E-state index < -0.39 is 5.41 Å². The quantitative estimate of drug-likeness (QED) is 0.299. The monoisotopic (exact) mass is 504 g/mol. The summed E-state index contributed by atoms with van der Waals surface area (Å²) < 4.78 is 5.66. The molecule has 1 aliphatic rings. The number of ether oxygens (including phenoxy) is 1. The molecule has 1 unspecified atom stereocenters. The van der Waals surface area contributed by atoms with Crippen molar-refractivity contribution in [2.45, 2.75) is 45.1 Å². The lowest BCUT2D eigenvalue weighted by Crippen LogP contribution is -2.47. The Hall–Kier alpha value is -2.82. The summed E-state index contributed by atoms with van der Waals surface area (Å²) in [6.45, 7) is 10.8. The fraction of sp³-hybridized carbons (Fsp3) is 0.387. The summed E-state index contributed by atoms with van der Waals surface area (Å²) in [5, 5.41) is 0.757. The molecule has 1 fully saturated rings. The number of carbonyl (C=O) groups is 1. The van der Waals surface area contributed by atoms with Crippen LogP contribution in [-0.2, 0) is 14.9 Å². The molecule has 190 valence electrons. The Morgan fingerprint density at radius 3 is 2.25 bits per heavy atom. The van der Waals surface area contributed by atoms with Crippen molar-refractivity contribution in [3.05, 3.63) is 89.4 Å². The molecule has 1 heterocycles. The van der Waals surface area contributed by atoms with Crippen LogP contribution in [0.25, 0.3) is 11.1 Å². The predicted octanol–water partition coefficient (Wildman–Crippen LogP) is 6.82. The Bertz CT molecular complexity index is 1140. The fourth-order valence-corrected chi connectivity index (χ4v) is 5.14. The van der Waals surface area contributed by atoms with Crippen molar-refractivity contribution < 1.29 is 9.53 Å². The van der Waals surface area contributed by atoms with Gasteiger partial charge in [0.25, 0.3) is 0 Å². The van der Waals surface area contributed by atoms with Crippen LogP contribution in [0.5, 0.6) is 0 Å². The van der Waals surface area contributed by atoms with Gasteiger partial charge < -0.3 is 9.64 Å². The number of hydrogen-bond donors (Lipinski definition) is 0. The molecule has 3 aromatic carbocycles. The van der Waals surface area contributed by atoms with E-state index in [1.165, 1.54) is 11.3 Å². The zero-order chi connectivity index (χ0) is 25.5. The highest BCUT2D eigenvalue weighted by Gasteiger charge is 2.37. The normalized spacial score (nSPS) is 16.1. The largest absolute Gasteiger partial charge is 0.462 e. The van der Waals surface area contributed by atoms with Gasteiger partial charge in [0.2, 0.25) is 0 Å². The molecular weight excluding hydrogens is 468 g/mol. The molecule has 0 radical (unpaired) electrons. The van der Waals surface area contributed by atoms with Crippen molar-refractivity contribution >= 4 is 23.3 Å². The van der Waals surface area contributed by atoms with Gasteiger partial charge in [-0.3, -0.25) is 9.69 Å². The van der Waals surface area contributed by atoms with E-state index in [1.807, 2.05) is 69.3 Å². The first-order valence-electron chi connectivity index (χ1n) is 12.9. The molecule has 0 aromatic heterocycles. The smallest absolute Gasteiger partial charge is 0.316 e. The van der Waals surface area contributed by atoms with Crippen molar-refractivity contribution in [3.63, 3.8) is 0 Å². The minimum atomic E-state index is -0.631. The van der Waals surface area contributed by atoms with Crippen LogP contribution in [-0.4, -0.2) is 49.7 Å². The standard InChI is InChI=1S/C31H37ClN2O2/c1-24(2)36-30(35)31(3,27-12-5-4-6-13-27)16-9-17-33-18-20-34(21-19-33)29-15-8-11-26(23-29)25-10-7-14-28(32)22-25/h4-8,10-15,22-24H,9,16-21H2,1-3H3. The number of hydrogen-bond acceptors (Lipinski definition) is 4. The van der Waals surface area contributed by atoms with Gasteiger partial charge in [-0.2, -0.15) is 0 Å². The first-order valence-corrected chi connectivity index (χ1v) is 13.3. The van der Waals surface area contributed by atoms with Crippen molar-refractivity contribution in [2.75, 3.05) is 37.6 Å². The van der Waals surface area contributed by atoms with Gasteiger partial charge in [-0.15, -0.1) is 0 Å². The third-order valence-corrected chi connectivity index (χ3v) is 7.33. The molecular formula is C31H37ClN2O2. The lowest BCUT2D eigenvalue weighted by molar-refractivity contribution is -0.154. The second-order valence-electron chi connectivity index (χ2n) is 10.1. The second-order valence-corrected chi connectivity index (χ2v) is 10.6. The zero-order valence-corrected chi connectivity index (χ0v) is 22.4. The molecule has 4 nitrogen and oxygen atoms in total. The van der Waals surface area contributed by atoms with Crippen LogP contribution < -0.4 is 4.90 Å². The Labute approximate surface area is 220 Å². The average Bonchev–Trinajstić information content (AvgIpc) is 2.89. The van der Waals surface area contributed by atoms with E-state index in [-0.39, 0.29) is 12.1 Å². The van der Waals surface area contributed by atoms with E-state index >= 15 is 0 Å². The number of piperazine rings is 1. The number of anilines is 1. The average molecular weight is 505 g/mol. The molecule has 1 aliphatic heterocycles. The number of esters is 1. The van der Waals surface area contributed by atoms with Gasteiger partial charge in [0, 0.05) is 36.9 Å². The summed E-state index contributed by atoms with van der Waals surface area (Å²) in [7, 11) is 0. The maximum Gasteiger partial charge on any atom is 0.316 e. The third-order valence-electron chi connectivity index (χ3n) is 7.10. The number of rotatable bonds is 9. The van der Waals surface area contributed by atoms with Crippen LogP contribution in [0.4, 0.5) is 5.69 Å². The van der Waals surface area contributed by atoms with Gasteiger partial charge in [-0.25, -0.2) is 0 Å². The molecule has 0 bridgehead atoms. The van der Waals surface area contributed by atoms with Crippen LogP contribution in [0.15, 0.2) is 78.9 Å². The van der Waals surface area contributed by atoms with Crippen LogP contribution in [0.1, 0.15) is 39.2 Å². The Balaban J connectivity index is 1.33. The van der Waals surface area contributed by atoms with Crippen molar-refractivity contribution in [1.29, 1.82) is 0 Å². The summed E-state index contributed by atoms with van der Waals surface area (Å²) in [5.41, 5.74) is 3.97. The predicted molar refractivity (Wildman–Crippen MR) is 150 cm³/mol. The molecule has 1 atom stereocenters. The first-order chi connectivity index (χ1) is 17.3. The molecule has 0 N–H and O–H groups in total. The highest BCUT2D eigenvalue weighted by atomic mass is 35.5. The molecule has 1 saturated heterocycles. The van der Waals surface area contributed by atoms with E-state index in [0.717, 1.165) is 61.7 Å². The molecule has 4 rings (SSSR count). The highest BCUT2D eigenvalue weighted by Crippen LogP contribution is 2.32. The highest BCUT2D eigenvalue weighted by molar-refractivity contribution is 6.30. The molecule has 5 heteroatoms. The number of nitrogens with zero attached hydrogens (tertiary/aromatic N) is 2. The van der Waals surface area contributed by atoms with Crippen LogP contribution >= 0.6 is 11.6 Å². The Morgan fingerprint density at radius 2 is 1.58 bits per heavy atom. The summed E-state index contributed by atoms with van der Waals surface area (Å²) in [6, 6.07) is 26.8. The van der Waals surface area contributed by atoms with Crippen LogP contribution in [0, 0.1) is 0 Å². The van der Waals surface area contributed by atoms with Gasteiger partial charge >= 0.3 is 5.97 Å². The van der Waals surface area contributed by atoms with Gasteiger partial charge in [0.1, 0.15) is 0 Å². The van der Waals surface area contributed by atoms with Crippen LogP contribution in [0.2, 0.25) is 5.02 Å². The number of benzene rings is 3. The minimum absolute atomic E-state index is 0.119.